The second kappa shape index (κ2) is 5.38. The molecule has 3 rings (SSSR count). The number of rotatable bonds is 3. The van der Waals surface area contributed by atoms with Gasteiger partial charge in [0.25, 0.3) is 0 Å². The maximum absolute atomic E-state index is 9.45. The summed E-state index contributed by atoms with van der Waals surface area (Å²) in [6.07, 6.45) is 5.51. The molecule has 0 amide bonds. The van der Waals surface area contributed by atoms with Crippen LogP contribution in [0.2, 0.25) is 0 Å². The molecule has 0 aliphatic heterocycles. The lowest BCUT2D eigenvalue weighted by atomic mass is 9.93. The van der Waals surface area contributed by atoms with E-state index < -0.39 is 0 Å². The molecule has 0 atom stereocenters. The van der Waals surface area contributed by atoms with Gasteiger partial charge in [-0.2, -0.15) is 0 Å². The largest absolute Gasteiger partial charge is 0.508 e. The van der Waals surface area contributed by atoms with Crippen LogP contribution in [0.1, 0.15) is 36.5 Å². The molecule has 2 nitrogen and oxygen atoms in total. The monoisotopic (exact) mass is 291 g/mol. The van der Waals surface area contributed by atoms with Gasteiger partial charge >= 0.3 is 0 Å². The van der Waals surface area contributed by atoms with Crippen molar-refractivity contribution in [3.63, 3.8) is 0 Å². The molecule has 0 spiro atoms. The van der Waals surface area contributed by atoms with Gasteiger partial charge in [-0.15, -0.1) is 0 Å². The van der Waals surface area contributed by atoms with E-state index in [4.69, 9.17) is 0 Å². The van der Waals surface area contributed by atoms with Gasteiger partial charge in [-0.1, -0.05) is 38.3 Å². The normalized spacial score (nSPS) is 13.6. The molecule has 0 unspecified atom stereocenters. The lowest BCUT2D eigenvalue weighted by molar-refractivity contribution is 0.514. The number of hydrogen-bond acceptors (Lipinski definition) is 1. The highest BCUT2D eigenvalue weighted by molar-refractivity contribution is 5.62. The smallest absolute Gasteiger partial charge is 0.115 e. The number of nitrogens with zero attached hydrogens (tertiary/aromatic N) is 1. The molecule has 22 heavy (non-hydrogen) atoms. The summed E-state index contributed by atoms with van der Waals surface area (Å²) in [6.45, 7) is 14.3. The SMILES string of the molecule is C=C(O)c1ccc(-n2c(=C)c3c(c2=C)CCC(CC)=C3)cc1. The van der Waals surface area contributed by atoms with Crippen molar-refractivity contribution < 1.29 is 5.11 Å². The number of fused-ring (bicyclic) bond motifs is 1. The number of benzene rings is 1. The van der Waals surface area contributed by atoms with E-state index in [1.807, 2.05) is 24.3 Å². The average molecular weight is 291 g/mol. The van der Waals surface area contributed by atoms with Crippen molar-refractivity contribution in [2.75, 3.05) is 0 Å². The van der Waals surface area contributed by atoms with Crippen LogP contribution >= 0.6 is 0 Å². The number of allylic oxidation sites excluding steroid dienone is 1. The van der Waals surface area contributed by atoms with Crippen molar-refractivity contribution in [1.29, 1.82) is 0 Å². The van der Waals surface area contributed by atoms with Crippen LogP contribution in [0.5, 0.6) is 0 Å². The Labute approximate surface area is 131 Å². The molecule has 1 aromatic heterocycles. The zero-order valence-corrected chi connectivity index (χ0v) is 13.0. The number of aliphatic hydroxyl groups excluding tert-OH is 1. The third-order valence-corrected chi connectivity index (χ3v) is 4.48. The quantitative estimate of drug-likeness (QED) is 0.859. The molecule has 0 bridgehead atoms. The minimum Gasteiger partial charge on any atom is -0.508 e. The second-order valence-electron chi connectivity index (χ2n) is 5.77. The first-order chi connectivity index (χ1) is 10.5. The van der Waals surface area contributed by atoms with Gasteiger partial charge in [0.2, 0.25) is 0 Å². The molecule has 0 saturated carbocycles. The van der Waals surface area contributed by atoms with Crippen molar-refractivity contribution in [1.82, 2.24) is 4.57 Å². The van der Waals surface area contributed by atoms with E-state index >= 15 is 0 Å². The van der Waals surface area contributed by atoms with Crippen molar-refractivity contribution in [3.8, 4) is 5.69 Å². The standard InChI is InChI=1S/C20H21NO/c1-5-16-6-11-19-13(2)21(14(3)20(19)12-16)18-9-7-17(8-10-18)15(4)22/h7-10,12,22H,2-6,11H2,1H3. The van der Waals surface area contributed by atoms with Crippen molar-refractivity contribution in [2.24, 2.45) is 0 Å². The van der Waals surface area contributed by atoms with E-state index in [1.54, 1.807) is 0 Å². The third-order valence-electron chi connectivity index (χ3n) is 4.48. The van der Waals surface area contributed by atoms with Gasteiger partial charge in [0, 0.05) is 27.5 Å². The van der Waals surface area contributed by atoms with Crippen LogP contribution in [0, 0.1) is 0 Å². The zero-order chi connectivity index (χ0) is 15.9. The lowest BCUT2D eigenvalue weighted by Crippen LogP contribution is -2.24. The molecular formula is C20H21NO. The summed E-state index contributed by atoms with van der Waals surface area (Å²) in [5.74, 6) is 0.0820. The van der Waals surface area contributed by atoms with E-state index in [-0.39, 0.29) is 5.76 Å². The minimum absolute atomic E-state index is 0.0820. The molecule has 0 saturated heterocycles. The van der Waals surface area contributed by atoms with Crippen LogP contribution < -0.4 is 10.7 Å². The van der Waals surface area contributed by atoms with Gasteiger partial charge in [-0.25, -0.2) is 0 Å². The summed E-state index contributed by atoms with van der Waals surface area (Å²) in [6, 6.07) is 7.66. The van der Waals surface area contributed by atoms with Crippen LogP contribution in [-0.4, -0.2) is 9.67 Å². The Bertz CT molecular complexity index is 866. The Morgan fingerprint density at radius 3 is 2.41 bits per heavy atom. The number of aliphatic hydroxyl groups is 1. The van der Waals surface area contributed by atoms with E-state index in [1.165, 1.54) is 16.7 Å². The molecule has 1 N–H and O–H groups in total. The van der Waals surface area contributed by atoms with E-state index in [2.05, 4.69) is 37.3 Å². The fourth-order valence-electron chi connectivity index (χ4n) is 3.15. The van der Waals surface area contributed by atoms with E-state index in [0.717, 1.165) is 41.2 Å². The van der Waals surface area contributed by atoms with Gasteiger partial charge < -0.3 is 9.67 Å². The third kappa shape index (κ3) is 2.21. The molecule has 1 aromatic carbocycles. The minimum atomic E-state index is 0.0820. The molecule has 112 valence electrons. The van der Waals surface area contributed by atoms with Crippen LogP contribution in [0.3, 0.4) is 0 Å². The molecule has 2 heteroatoms. The maximum atomic E-state index is 9.45. The summed E-state index contributed by atoms with van der Waals surface area (Å²) in [5.41, 5.74) is 5.74. The second-order valence-corrected chi connectivity index (χ2v) is 5.77. The Hall–Kier alpha value is -2.48. The summed E-state index contributed by atoms with van der Waals surface area (Å²) in [4.78, 5) is 0. The van der Waals surface area contributed by atoms with Gasteiger partial charge in [0.05, 0.1) is 0 Å². The highest BCUT2D eigenvalue weighted by Gasteiger charge is 2.16. The Balaban J connectivity index is 2.16. The highest BCUT2D eigenvalue weighted by Crippen LogP contribution is 2.22. The van der Waals surface area contributed by atoms with Crippen molar-refractivity contribution in [2.45, 2.75) is 26.2 Å². The average Bonchev–Trinajstić information content (AvgIpc) is 2.78. The summed E-state index contributed by atoms with van der Waals surface area (Å²) in [5, 5.41) is 11.5. The van der Waals surface area contributed by atoms with Crippen LogP contribution in [0.15, 0.2) is 36.4 Å². The van der Waals surface area contributed by atoms with Crippen LogP contribution in [0.25, 0.3) is 30.7 Å². The first-order valence-electron chi connectivity index (χ1n) is 7.62. The molecule has 2 aromatic rings. The Morgan fingerprint density at radius 2 is 1.82 bits per heavy atom. The van der Waals surface area contributed by atoms with Gasteiger partial charge in [-0.05, 0) is 49.1 Å². The molecule has 0 fully saturated rings. The molecule has 1 aliphatic rings. The van der Waals surface area contributed by atoms with Crippen LogP contribution in [0.4, 0.5) is 0 Å². The zero-order valence-electron chi connectivity index (χ0n) is 13.0. The predicted octanol–water partition coefficient (Wildman–Crippen LogP) is 3.57. The topological polar surface area (TPSA) is 25.2 Å². The van der Waals surface area contributed by atoms with Crippen molar-refractivity contribution in [3.05, 3.63) is 63.8 Å². The Kier molecular flexibility index (Phi) is 3.53. The summed E-state index contributed by atoms with van der Waals surface area (Å²) in [7, 11) is 0. The summed E-state index contributed by atoms with van der Waals surface area (Å²) >= 11 is 0. The fourth-order valence-corrected chi connectivity index (χ4v) is 3.15. The predicted molar refractivity (Wildman–Crippen MR) is 94.3 cm³/mol. The lowest BCUT2D eigenvalue weighted by Gasteiger charge is -2.11. The van der Waals surface area contributed by atoms with Gasteiger partial charge in [0.15, 0.2) is 0 Å². The van der Waals surface area contributed by atoms with Crippen molar-refractivity contribution >= 4 is 25.0 Å². The fraction of sp³-hybridized carbons (Fsp3) is 0.200. The first kappa shape index (κ1) is 14.5. The molecule has 0 radical (unpaired) electrons. The maximum Gasteiger partial charge on any atom is 0.115 e. The van der Waals surface area contributed by atoms with E-state index in [9.17, 15) is 5.11 Å². The number of aromatic nitrogens is 1. The first-order valence-corrected chi connectivity index (χ1v) is 7.62. The molecule has 1 heterocycles. The highest BCUT2D eigenvalue weighted by atomic mass is 16.3. The van der Waals surface area contributed by atoms with Gasteiger partial charge in [-0.3, -0.25) is 0 Å². The van der Waals surface area contributed by atoms with Gasteiger partial charge in [0.1, 0.15) is 5.76 Å². The van der Waals surface area contributed by atoms with Crippen LogP contribution in [-0.2, 0) is 6.42 Å². The summed E-state index contributed by atoms with van der Waals surface area (Å²) < 4.78 is 2.10. The van der Waals surface area contributed by atoms with E-state index in [0.29, 0.717) is 0 Å². The number of hydrogen-bond donors (Lipinski definition) is 1. The molecule has 1 aliphatic carbocycles. The molecular weight excluding hydrogens is 270 g/mol. The Morgan fingerprint density at radius 1 is 1.14 bits per heavy atom.